The number of anilines is 2. The van der Waals surface area contributed by atoms with Gasteiger partial charge in [-0.05, 0) is 56.3 Å². The predicted molar refractivity (Wildman–Crippen MR) is 169 cm³/mol. The van der Waals surface area contributed by atoms with Gasteiger partial charge in [0.15, 0.2) is 5.83 Å². The summed E-state index contributed by atoms with van der Waals surface area (Å²) >= 11 is 0. The number of carbonyl (C=O) groups excluding carboxylic acids is 1. The van der Waals surface area contributed by atoms with E-state index in [0.29, 0.717) is 50.8 Å². The molecular formula is C34H39F2N7O2. The molecule has 11 heteroatoms. The summed E-state index contributed by atoms with van der Waals surface area (Å²) in [5, 5.41) is 11.4. The lowest BCUT2D eigenvalue weighted by Crippen LogP contribution is -2.55. The molecular weight excluding hydrogens is 576 g/mol. The zero-order valence-corrected chi connectivity index (χ0v) is 25.9. The maximum atomic E-state index is 14.7. The van der Waals surface area contributed by atoms with Gasteiger partial charge in [0.05, 0.1) is 30.8 Å². The monoisotopic (exact) mass is 615 g/mol. The Morgan fingerprint density at radius 2 is 2.00 bits per heavy atom. The van der Waals surface area contributed by atoms with Gasteiger partial charge < -0.3 is 24.3 Å². The summed E-state index contributed by atoms with van der Waals surface area (Å²) in [6.07, 6.45) is 4.38. The normalized spacial score (nSPS) is 18.5. The molecule has 2 aromatic carbocycles. The number of aryl methyl sites for hydroxylation is 1. The van der Waals surface area contributed by atoms with Crippen LogP contribution >= 0.6 is 0 Å². The number of aromatic nitrogens is 2. The molecule has 3 aliphatic rings. The summed E-state index contributed by atoms with van der Waals surface area (Å²) < 4.78 is 34.7. The lowest BCUT2D eigenvalue weighted by atomic mass is 9.92. The summed E-state index contributed by atoms with van der Waals surface area (Å²) in [6.45, 7) is 8.32. The molecule has 6 rings (SSSR count). The van der Waals surface area contributed by atoms with E-state index in [1.165, 1.54) is 30.2 Å². The number of hydrogen-bond donors (Lipinski definition) is 0. The van der Waals surface area contributed by atoms with Crippen molar-refractivity contribution in [3.05, 3.63) is 65.4 Å². The second kappa shape index (κ2) is 13.0. The van der Waals surface area contributed by atoms with E-state index >= 15 is 0 Å². The van der Waals surface area contributed by atoms with E-state index < -0.39 is 17.8 Å². The van der Waals surface area contributed by atoms with Gasteiger partial charge in [-0.25, -0.2) is 8.78 Å². The molecule has 3 heterocycles. The van der Waals surface area contributed by atoms with E-state index in [-0.39, 0.29) is 24.8 Å². The molecule has 2 aliphatic heterocycles. The first kappa shape index (κ1) is 30.7. The van der Waals surface area contributed by atoms with Crippen LogP contribution in [0, 0.1) is 24.1 Å². The molecule has 1 aliphatic carbocycles. The Labute approximate surface area is 262 Å². The summed E-state index contributed by atoms with van der Waals surface area (Å²) in [7, 11) is 2.11. The molecule has 1 unspecified atom stereocenters. The summed E-state index contributed by atoms with van der Waals surface area (Å²) in [5.41, 5.74) is 3.38. The summed E-state index contributed by atoms with van der Waals surface area (Å²) in [5.74, 6) is -1.33. The van der Waals surface area contributed by atoms with Crippen LogP contribution in [0.2, 0.25) is 0 Å². The van der Waals surface area contributed by atoms with Crippen LogP contribution < -0.4 is 14.5 Å². The number of halogens is 2. The van der Waals surface area contributed by atoms with Crippen LogP contribution in [0.1, 0.15) is 42.5 Å². The average Bonchev–Trinajstić information content (AvgIpc) is 3.01. The Morgan fingerprint density at radius 3 is 2.73 bits per heavy atom. The van der Waals surface area contributed by atoms with E-state index in [1.807, 2.05) is 31.2 Å². The van der Waals surface area contributed by atoms with E-state index in [2.05, 4.69) is 34.4 Å². The first-order valence-electron chi connectivity index (χ1n) is 15.7. The van der Waals surface area contributed by atoms with Crippen molar-refractivity contribution >= 4 is 28.2 Å². The number of amides is 1. The quantitative estimate of drug-likeness (QED) is 0.314. The van der Waals surface area contributed by atoms with Crippen LogP contribution in [-0.4, -0.2) is 84.1 Å². The van der Waals surface area contributed by atoms with Crippen molar-refractivity contribution < 1.29 is 18.3 Å². The number of carbonyl (C=O) groups is 1. The Hall–Kier alpha value is -4.30. The Kier molecular flexibility index (Phi) is 8.85. The zero-order valence-electron chi connectivity index (χ0n) is 25.9. The van der Waals surface area contributed by atoms with Crippen LogP contribution in [0.4, 0.5) is 20.3 Å². The number of piperazine rings is 1. The van der Waals surface area contributed by atoms with Crippen LogP contribution in [0.15, 0.2) is 42.7 Å². The number of likely N-dealkylation sites (N-methyl/N-ethyl adjacent to an activating group) is 1. The molecule has 2 fully saturated rings. The smallest absolute Gasteiger partial charge is 0.318 e. The van der Waals surface area contributed by atoms with Crippen molar-refractivity contribution in [2.75, 3.05) is 56.2 Å². The van der Waals surface area contributed by atoms with E-state index in [0.717, 1.165) is 40.1 Å². The standard InChI is InChI=1S/C34H39F2N7O2/c1-22-28(36)11-10-24-6-4-9-30(31(22)24)41-15-13-27-29(21-41)38-34(45-19-18-40(3)25-7-5-8-25)39-32(27)42-16-17-43(33(44)23(2)35)26(20-42)12-14-37/h4,6,9-11,25-26H,2,5,7-8,12-13,15-21H2,1,3H3. The average molecular weight is 616 g/mol. The van der Waals surface area contributed by atoms with Crippen molar-refractivity contribution in [1.29, 1.82) is 5.26 Å². The third-order valence-corrected chi connectivity index (χ3v) is 9.56. The summed E-state index contributed by atoms with van der Waals surface area (Å²) in [4.78, 5) is 30.3. The number of benzene rings is 2. The van der Waals surface area contributed by atoms with Crippen molar-refractivity contribution in [2.45, 2.75) is 57.7 Å². The second-order valence-electron chi connectivity index (χ2n) is 12.3. The Bertz CT molecular complexity index is 1650. The number of rotatable bonds is 9. The number of nitriles is 1. The highest BCUT2D eigenvalue weighted by molar-refractivity contribution is 5.97. The molecule has 0 bridgehead atoms. The van der Waals surface area contributed by atoms with Gasteiger partial charge >= 0.3 is 6.01 Å². The molecule has 1 atom stereocenters. The summed E-state index contributed by atoms with van der Waals surface area (Å²) in [6, 6.07) is 11.8. The zero-order chi connectivity index (χ0) is 31.7. The topological polar surface area (TPSA) is 88.8 Å². The molecule has 1 saturated carbocycles. The minimum atomic E-state index is -1.03. The Balaban J connectivity index is 1.31. The molecule has 1 amide bonds. The minimum absolute atomic E-state index is 0.0599. The molecule has 0 spiro atoms. The lowest BCUT2D eigenvalue weighted by Gasteiger charge is -2.42. The van der Waals surface area contributed by atoms with Gasteiger partial charge in [-0.15, -0.1) is 0 Å². The van der Waals surface area contributed by atoms with E-state index in [4.69, 9.17) is 14.7 Å². The van der Waals surface area contributed by atoms with Gasteiger partial charge in [0.1, 0.15) is 18.2 Å². The van der Waals surface area contributed by atoms with Gasteiger partial charge in [0, 0.05) is 55.4 Å². The molecule has 236 valence electrons. The fourth-order valence-corrected chi connectivity index (χ4v) is 6.74. The molecule has 3 aromatic rings. The maximum Gasteiger partial charge on any atom is 0.318 e. The highest BCUT2D eigenvalue weighted by atomic mass is 19.1. The van der Waals surface area contributed by atoms with Gasteiger partial charge in [-0.3, -0.25) is 4.79 Å². The molecule has 9 nitrogen and oxygen atoms in total. The molecule has 1 saturated heterocycles. The molecule has 0 radical (unpaired) electrons. The maximum absolute atomic E-state index is 14.7. The van der Waals surface area contributed by atoms with E-state index in [9.17, 15) is 18.8 Å². The molecule has 1 aromatic heterocycles. The molecule has 45 heavy (non-hydrogen) atoms. The van der Waals surface area contributed by atoms with E-state index in [1.54, 1.807) is 0 Å². The van der Waals surface area contributed by atoms with Crippen LogP contribution in [0.5, 0.6) is 6.01 Å². The van der Waals surface area contributed by atoms with Crippen LogP contribution in [0.25, 0.3) is 10.8 Å². The minimum Gasteiger partial charge on any atom is -0.462 e. The molecule has 0 N–H and O–H groups in total. The van der Waals surface area contributed by atoms with Gasteiger partial charge in [0.25, 0.3) is 5.91 Å². The number of hydrogen-bond acceptors (Lipinski definition) is 8. The van der Waals surface area contributed by atoms with Gasteiger partial charge in [-0.2, -0.15) is 15.2 Å². The van der Waals surface area contributed by atoms with Crippen molar-refractivity contribution in [3.63, 3.8) is 0 Å². The first-order valence-corrected chi connectivity index (χ1v) is 15.7. The van der Waals surface area contributed by atoms with Crippen molar-refractivity contribution in [3.8, 4) is 12.1 Å². The van der Waals surface area contributed by atoms with Crippen LogP contribution in [-0.2, 0) is 17.8 Å². The van der Waals surface area contributed by atoms with Crippen molar-refractivity contribution in [2.24, 2.45) is 0 Å². The predicted octanol–water partition coefficient (Wildman–Crippen LogP) is 4.92. The van der Waals surface area contributed by atoms with Gasteiger partial charge in [0.2, 0.25) is 0 Å². The highest BCUT2D eigenvalue weighted by Gasteiger charge is 2.35. The lowest BCUT2D eigenvalue weighted by molar-refractivity contribution is -0.131. The number of nitrogens with zero attached hydrogens (tertiary/aromatic N) is 7. The number of fused-ring (bicyclic) bond motifs is 2. The Morgan fingerprint density at radius 1 is 1.18 bits per heavy atom. The third-order valence-electron chi connectivity index (χ3n) is 9.56. The SMILES string of the molecule is C=C(F)C(=O)N1CCN(c2nc(OCCN(C)C3CCC3)nc3c2CCN(c2cccc4ccc(F)c(C)c24)C3)CC1CC#N. The first-order chi connectivity index (χ1) is 21.7. The largest absolute Gasteiger partial charge is 0.462 e. The fraction of sp³-hybridized carbons (Fsp3) is 0.471. The van der Waals surface area contributed by atoms with Gasteiger partial charge in [-0.1, -0.05) is 31.2 Å². The fourth-order valence-electron chi connectivity index (χ4n) is 6.74. The second-order valence-corrected chi connectivity index (χ2v) is 12.3. The third kappa shape index (κ3) is 6.16. The highest BCUT2D eigenvalue weighted by Crippen LogP contribution is 2.36. The van der Waals surface area contributed by atoms with Crippen molar-refractivity contribution in [1.82, 2.24) is 19.8 Å². The number of ether oxygens (including phenoxy) is 1. The van der Waals surface area contributed by atoms with Crippen LogP contribution in [0.3, 0.4) is 0 Å².